The summed E-state index contributed by atoms with van der Waals surface area (Å²) < 4.78 is 1.97. The first-order valence-electron chi connectivity index (χ1n) is 11.0. The fourth-order valence-electron chi connectivity index (χ4n) is 4.45. The van der Waals surface area contributed by atoms with Crippen molar-refractivity contribution in [3.8, 4) is 0 Å². The number of nitrogens with zero attached hydrogens (tertiary/aromatic N) is 7. The van der Waals surface area contributed by atoms with Gasteiger partial charge in [-0.2, -0.15) is 9.50 Å². The van der Waals surface area contributed by atoms with Gasteiger partial charge in [0.2, 0.25) is 0 Å². The largest absolute Gasteiger partial charge is 0.356 e. The summed E-state index contributed by atoms with van der Waals surface area (Å²) >= 11 is 0. The molecular formula is C21H35N7. The summed E-state index contributed by atoms with van der Waals surface area (Å²) in [4.78, 5) is 16.9. The first-order chi connectivity index (χ1) is 13.6. The van der Waals surface area contributed by atoms with Crippen molar-refractivity contribution >= 4 is 11.6 Å². The molecule has 2 aliphatic heterocycles. The predicted molar refractivity (Wildman–Crippen MR) is 113 cm³/mol. The second-order valence-electron chi connectivity index (χ2n) is 8.87. The minimum Gasteiger partial charge on any atom is -0.356 e. The van der Waals surface area contributed by atoms with Crippen LogP contribution in [0.25, 0.3) is 5.78 Å². The molecule has 7 nitrogen and oxygen atoms in total. The van der Waals surface area contributed by atoms with E-state index in [0.717, 1.165) is 74.8 Å². The van der Waals surface area contributed by atoms with Gasteiger partial charge in [0, 0.05) is 57.6 Å². The zero-order valence-corrected chi connectivity index (χ0v) is 17.8. The highest BCUT2D eigenvalue weighted by Crippen LogP contribution is 2.21. The van der Waals surface area contributed by atoms with Gasteiger partial charge >= 0.3 is 0 Å². The first-order valence-corrected chi connectivity index (χ1v) is 11.0. The first kappa shape index (κ1) is 19.6. The van der Waals surface area contributed by atoms with E-state index in [9.17, 15) is 0 Å². The van der Waals surface area contributed by atoms with E-state index < -0.39 is 0 Å². The van der Waals surface area contributed by atoms with Crippen LogP contribution in [0, 0.1) is 12.8 Å². The van der Waals surface area contributed by atoms with Gasteiger partial charge in [-0.25, -0.2) is 4.98 Å². The maximum Gasteiger partial charge on any atom is 0.254 e. The summed E-state index contributed by atoms with van der Waals surface area (Å²) in [5.41, 5.74) is 1.02. The van der Waals surface area contributed by atoms with Crippen molar-refractivity contribution in [2.75, 3.05) is 50.7 Å². The van der Waals surface area contributed by atoms with Gasteiger partial charge in [-0.15, -0.1) is 5.10 Å². The van der Waals surface area contributed by atoms with Crippen LogP contribution in [0.2, 0.25) is 0 Å². The quantitative estimate of drug-likeness (QED) is 0.789. The molecule has 0 amide bonds. The van der Waals surface area contributed by atoms with Crippen molar-refractivity contribution in [1.29, 1.82) is 0 Å². The van der Waals surface area contributed by atoms with E-state index in [2.05, 4.69) is 46.5 Å². The summed E-state index contributed by atoms with van der Waals surface area (Å²) in [6.07, 6.45) is 5.17. The zero-order chi connectivity index (χ0) is 19.5. The van der Waals surface area contributed by atoms with Crippen molar-refractivity contribution in [2.24, 2.45) is 5.92 Å². The minimum absolute atomic E-state index is 0.735. The molecule has 2 aliphatic rings. The van der Waals surface area contributed by atoms with E-state index in [4.69, 9.17) is 10.1 Å². The minimum atomic E-state index is 0.735. The molecule has 154 valence electrons. The number of rotatable bonds is 5. The molecule has 0 aliphatic carbocycles. The number of fused-ring (bicyclic) bond motifs is 1. The van der Waals surface area contributed by atoms with Crippen molar-refractivity contribution in [3.63, 3.8) is 0 Å². The second-order valence-corrected chi connectivity index (χ2v) is 8.87. The molecular weight excluding hydrogens is 350 g/mol. The van der Waals surface area contributed by atoms with Crippen LogP contribution in [0.15, 0.2) is 6.07 Å². The Morgan fingerprint density at radius 3 is 2.25 bits per heavy atom. The molecule has 0 aromatic carbocycles. The molecule has 2 aromatic heterocycles. The smallest absolute Gasteiger partial charge is 0.254 e. The standard InChI is InChI=1S/C21H35N7/c1-17(2)15-25-10-12-26(13-11-25)16-19-23-21-22-18(3)14-20(28(21)24-19)27-8-6-4-5-7-9-27/h14,17H,4-13,15-16H2,1-3H3. The van der Waals surface area contributed by atoms with Crippen molar-refractivity contribution in [2.45, 2.75) is 53.0 Å². The number of anilines is 1. The Hall–Kier alpha value is -1.73. The highest BCUT2D eigenvalue weighted by molar-refractivity contribution is 5.47. The van der Waals surface area contributed by atoms with Gasteiger partial charge in [0.25, 0.3) is 5.78 Å². The van der Waals surface area contributed by atoms with E-state index in [1.165, 1.54) is 32.2 Å². The maximum atomic E-state index is 4.87. The summed E-state index contributed by atoms with van der Waals surface area (Å²) in [6.45, 7) is 15.3. The molecule has 4 heterocycles. The molecule has 0 spiro atoms. The molecule has 0 atom stereocenters. The van der Waals surface area contributed by atoms with E-state index in [1.807, 2.05) is 4.52 Å². The summed E-state index contributed by atoms with van der Waals surface area (Å²) in [5.74, 6) is 3.53. The molecule has 4 rings (SSSR count). The van der Waals surface area contributed by atoms with Crippen LogP contribution in [0.4, 0.5) is 5.82 Å². The molecule has 2 fully saturated rings. The molecule has 0 saturated carbocycles. The fourth-order valence-corrected chi connectivity index (χ4v) is 4.45. The molecule has 28 heavy (non-hydrogen) atoms. The average molecular weight is 386 g/mol. The Labute approximate surface area is 168 Å². The van der Waals surface area contributed by atoms with Gasteiger partial charge in [-0.1, -0.05) is 26.7 Å². The van der Waals surface area contributed by atoms with E-state index in [1.54, 1.807) is 0 Å². The second kappa shape index (κ2) is 8.74. The Balaban J connectivity index is 1.48. The highest BCUT2D eigenvalue weighted by Gasteiger charge is 2.21. The molecule has 0 N–H and O–H groups in total. The van der Waals surface area contributed by atoms with Crippen LogP contribution in [0.5, 0.6) is 0 Å². The van der Waals surface area contributed by atoms with Crippen LogP contribution in [0.1, 0.15) is 51.0 Å². The van der Waals surface area contributed by atoms with E-state index in [0.29, 0.717) is 0 Å². The Morgan fingerprint density at radius 1 is 0.893 bits per heavy atom. The van der Waals surface area contributed by atoms with Crippen LogP contribution in [-0.4, -0.2) is 75.2 Å². The van der Waals surface area contributed by atoms with Gasteiger partial charge < -0.3 is 9.80 Å². The third-order valence-electron chi connectivity index (χ3n) is 5.85. The van der Waals surface area contributed by atoms with Crippen molar-refractivity contribution < 1.29 is 0 Å². The Bertz CT molecular complexity index is 768. The molecule has 0 bridgehead atoms. The fraction of sp³-hybridized carbons (Fsp3) is 0.762. The lowest BCUT2D eigenvalue weighted by Gasteiger charge is -2.34. The highest BCUT2D eigenvalue weighted by atomic mass is 15.4. The van der Waals surface area contributed by atoms with Crippen LogP contribution in [0.3, 0.4) is 0 Å². The molecule has 2 aromatic rings. The van der Waals surface area contributed by atoms with Gasteiger partial charge in [-0.3, -0.25) is 4.90 Å². The average Bonchev–Trinajstić information content (AvgIpc) is 2.87. The maximum absolute atomic E-state index is 4.87. The SMILES string of the molecule is Cc1cc(N2CCCCCC2)n2nc(CN3CCN(CC(C)C)CC3)nc2n1. The van der Waals surface area contributed by atoms with Gasteiger partial charge in [0.05, 0.1) is 6.54 Å². The molecule has 7 heteroatoms. The summed E-state index contributed by atoms with van der Waals surface area (Å²) in [5, 5.41) is 4.87. The number of hydrogen-bond acceptors (Lipinski definition) is 6. The molecule has 2 saturated heterocycles. The number of piperazine rings is 1. The lowest BCUT2D eigenvalue weighted by Crippen LogP contribution is -2.47. The summed E-state index contributed by atoms with van der Waals surface area (Å²) in [7, 11) is 0. The van der Waals surface area contributed by atoms with Crippen LogP contribution in [-0.2, 0) is 6.54 Å². The lowest BCUT2D eigenvalue weighted by atomic mass is 10.2. The molecule has 0 radical (unpaired) electrons. The number of aromatic nitrogens is 4. The topological polar surface area (TPSA) is 52.8 Å². The van der Waals surface area contributed by atoms with E-state index in [-0.39, 0.29) is 0 Å². The Kier molecular flexibility index (Phi) is 6.11. The normalized spacial score (nSPS) is 20.2. The van der Waals surface area contributed by atoms with E-state index >= 15 is 0 Å². The number of aryl methyl sites for hydroxylation is 1. The number of hydrogen-bond donors (Lipinski definition) is 0. The van der Waals surface area contributed by atoms with Crippen molar-refractivity contribution in [3.05, 3.63) is 17.6 Å². The van der Waals surface area contributed by atoms with Crippen LogP contribution >= 0.6 is 0 Å². The monoisotopic (exact) mass is 385 g/mol. The lowest BCUT2D eigenvalue weighted by molar-refractivity contribution is 0.115. The van der Waals surface area contributed by atoms with Crippen molar-refractivity contribution in [1.82, 2.24) is 29.4 Å². The third kappa shape index (κ3) is 4.63. The summed E-state index contributed by atoms with van der Waals surface area (Å²) in [6, 6.07) is 2.17. The van der Waals surface area contributed by atoms with Gasteiger partial charge in [-0.05, 0) is 25.7 Å². The zero-order valence-electron chi connectivity index (χ0n) is 17.8. The third-order valence-corrected chi connectivity index (χ3v) is 5.85. The Morgan fingerprint density at radius 2 is 1.57 bits per heavy atom. The van der Waals surface area contributed by atoms with Crippen LogP contribution < -0.4 is 4.90 Å². The van der Waals surface area contributed by atoms with Gasteiger partial charge in [0.15, 0.2) is 5.82 Å². The molecule has 0 unspecified atom stereocenters. The predicted octanol–water partition coefficient (Wildman–Crippen LogP) is 2.59. The van der Waals surface area contributed by atoms with Gasteiger partial charge in [0.1, 0.15) is 5.82 Å².